The Morgan fingerprint density at radius 3 is 2.38 bits per heavy atom. The first-order valence-electron chi connectivity index (χ1n) is 10.8. The molecule has 2 aromatic rings. The highest BCUT2D eigenvalue weighted by atomic mass is 28.4. The summed E-state index contributed by atoms with van der Waals surface area (Å²) in [4.78, 5) is 13.0. The van der Waals surface area contributed by atoms with E-state index in [9.17, 15) is 4.79 Å². The van der Waals surface area contributed by atoms with Crippen LogP contribution in [-0.2, 0) is 30.8 Å². The van der Waals surface area contributed by atoms with E-state index in [1.165, 1.54) is 7.11 Å². The number of carbonyl (C=O) groups is 1. The molecule has 6 nitrogen and oxygen atoms in total. The Bertz CT molecular complexity index is 922. The fourth-order valence-corrected chi connectivity index (χ4v) is 4.35. The lowest BCUT2D eigenvalue weighted by atomic mass is 9.93. The Morgan fingerprint density at radius 2 is 1.72 bits per heavy atom. The van der Waals surface area contributed by atoms with Crippen LogP contribution in [0.15, 0.2) is 48.5 Å². The summed E-state index contributed by atoms with van der Waals surface area (Å²) in [6.07, 6.45) is 0. The molecule has 1 atom stereocenters. The molecular formula is C25H34O6Si. The molecule has 0 saturated carbocycles. The number of hydrogen-bond donors (Lipinski definition) is 0. The van der Waals surface area contributed by atoms with Gasteiger partial charge in [-0.05, 0) is 29.8 Å². The van der Waals surface area contributed by atoms with Crippen molar-refractivity contribution in [1.29, 1.82) is 0 Å². The molecule has 1 heterocycles. The monoisotopic (exact) mass is 458 g/mol. The molecule has 2 aromatic carbocycles. The lowest BCUT2D eigenvalue weighted by molar-refractivity contribution is -0.0871. The zero-order chi connectivity index (χ0) is 23.4. The molecule has 1 aliphatic heterocycles. The lowest BCUT2D eigenvalue weighted by Crippen LogP contribution is -2.47. The standard InChI is InChI=1S/C25H34O6Si/c1-24(2,3)32(5,6)30-17-25(16-28-15-19-11-8-7-9-12-19)20-13-10-14-21(29-18-27-4)22(20)23(26)31-25/h7-14H,15-18H2,1-6H3/t25-/m0/s1. The summed E-state index contributed by atoms with van der Waals surface area (Å²) in [5.41, 5.74) is 1.15. The van der Waals surface area contributed by atoms with Gasteiger partial charge in [0.25, 0.3) is 0 Å². The summed E-state index contributed by atoms with van der Waals surface area (Å²) in [6, 6.07) is 15.4. The van der Waals surface area contributed by atoms with Crippen LogP contribution in [-0.4, -0.2) is 41.4 Å². The van der Waals surface area contributed by atoms with E-state index in [0.717, 1.165) is 11.1 Å². The molecule has 0 saturated heterocycles. The van der Waals surface area contributed by atoms with Crippen LogP contribution in [0.25, 0.3) is 0 Å². The van der Waals surface area contributed by atoms with Crippen molar-refractivity contribution in [3.05, 3.63) is 65.2 Å². The van der Waals surface area contributed by atoms with Gasteiger partial charge in [-0.1, -0.05) is 63.2 Å². The van der Waals surface area contributed by atoms with Crippen LogP contribution in [0.3, 0.4) is 0 Å². The first-order valence-corrected chi connectivity index (χ1v) is 13.7. The molecule has 0 N–H and O–H groups in total. The maximum atomic E-state index is 13.0. The van der Waals surface area contributed by atoms with Crippen molar-refractivity contribution in [2.24, 2.45) is 0 Å². The lowest BCUT2D eigenvalue weighted by Gasteiger charge is -2.39. The Kier molecular flexibility index (Phi) is 7.45. The molecule has 0 fully saturated rings. The number of hydrogen-bond acceptors (Lipinski definition) is 6. The minimum absolute atomic E-state index is 0.0218. The maximum absolute atomic E-state index is 13.0. The van der Waals surface area contributed by atoms with E-state index < -0.39 is 19.9 Å². The summed E-state index contributed by atoms with van der Waals surface area (Å²) in [5.74, 6) is 0.000423. The second kappa shape index (κ2) is 9.75. The zero-order valence-corrected chi connectivity index (χ0v) is 20.9. The third-order valence-electron chi connectivity index (χ3n) is 6.26. The van der Waals surface area contributed by atoms with E-state index in [0.29, 0.717) is 17.9 Å². The number of fused-ring (bicyclic) bond motifs is 1. The number of methoxy groups -OCH3 is 1. The van der Waals surface area contributed by atoms with Gasteiger partial charge in [-0.3, -0.25) is 0 Å². The minimum atomic E-state index is -2.10. The summed E-state index contributed by atoms with van der Waals surface area (Å²) < 4.78 is 29.3. The Hall–Kier alpha value is -2.19. The maximum Gasteiger partial charge on any atom is 0.343 e. The molecule has 0 aliphatic carbocycles. The van der Waals surface area contributed by atoms with Crippen LogP contribution >= 0.6 is 0 Å². The van der Waals surface area contributed by atoms with E-state index in [-0.39, 0.29) is 25.0 Å². The van der Waals surface area contributed by atoms with Crippen molar-refractivity contribution in [3.63, 3.8) is 0 Å². The van der Waals surface area contributed by atoms with Crippen molar-refractivity contribution >= 4 is 14.3 Å². The fourth-order valence-electron chi connectivity index (χ4n) is 3.33. The summed E-state index contributed by atoms with van der Waals surface area (Å²) in [7, 11) is -0.561. The Morgan fingerprint density at radius 1 is 1.00 bits per heavy atom. The topological polar surface area (TPSA) is 63.2 Å². The van der Waals surface area contributed by atoms with Crippen LogP contribution in [0, 0.1) is 0 Å². The number of carbonyl (C=O) groups excluding carboxylic acids is 1. The second-order valence-electron chi connectivity index (χ2n) is 9.64. The second-order valence-corrected chi connectivity index (χ2v) is 14.5. The van der Waals surface area contributed by atoms with Gasteiger partial charge >= 0.3 is 5.97 Å². The summed E-state index contributed by atoms with van der Waals surface area (Å²) in [5, 5.41) is 0.0218. The van der Waals surface area contributed by atoms with E-state index >= 15 is 0 Å². The molecule has 7 heteroatoms. The zero-order valence-electron chi connectivity index (χ0n) is 19.9. The number of ether oxygens (including phenoxy) is 4. The van der Waals surface area contributed by atoms with E-state index in [1.807, 2.05) is 42.5 Å². The van der Waals surface area contributed by atoms with Gasteiger partial charge < -0.3 is 23.4 Å². The molecule has 32 heavy (non-hydrogen) atoms. The quantitative estimate of drug-likeness (QED) is 0.274. The van der Waals surface area contributed by atoms with Crippen molar-refractivity contribution in [2.75, 3.05) is 27.1 Å². The van der Waals surface area contributed by atoms with Gasteiger partial charge in [-0.2, -0.15) is 0 Å². The van der Waals surface area contributed by atoms with Crippen LogP contribution in [0.5, 0.6) is 5.75 Å². The third kappa shape index (κ3) is 5.23. The van der Waals surface area contributed by atoms with Crippen molar-refractivity contribution in [1.82, 2.24) is 0 Å². The molecular weight excluding hydrogens is 424 g/mol. The van der Waals surface area contributed by atoms with Gasteiger partial charge in [0.15, 0.2) is 20.7 Å². The smallest absolute Gasteiger partial charge is 0.343 e. The Labute approximate surface area is 191 Å². The minimum Gasteiger partial charge on any atom is -0.467 e. The first kappa shape index (κ1) is 24.4. The highest BCUT2D eigenvalue weighted by Gasteiger charge is 2.50. The number of rotatable bonds is 10. The molecule has 0 aromatic heterocycles. The molecule has 0 amide bonds. The molecule has 0 spiro atoms. The molecule has 0 bridgehead atoms. The molecule has 0 unspecified atom stereocenters. The van der Waals surface area contributed by atoms with E-state index in [2.05, 4.69) is 33.9 Å². The molecule has 3 rings (SSSR count). The molecule has 174 valence electrons. The number of cyclic esters (lactones) is 1. The van der Waals surface area contributed by atoms with Gasteiger partial charge in [0.2, 0.25) is 0 Å². The number of esters is 1. The van der Waals surface area contributed by atoms with Crippen molar-refractivity contribution < 1.29 is 28.2 Å². The highest BCUT2D eigenvalue weighted by molar-refractivity contribution is 6.74. The van der Waals surface area contributed by atoms with E-state index in [4.69, 9.17) is 23.4 Å². The van der Waals surface area contributed by atoms with Gasteiger partial charge in [-0.15, -0.1) is 0 Å². The predicted molar refractivity (Wildman–Crippen MR) is 125 cm³/mol. The van der Waals surface area contributed by atoms with Crippen molar-refractivity contribution in [2.45, 2.75) is 51.1 Å². The van der Waals surface area contributed by atoms with Gasteiger partial charge in [0, 0.05) is 12.7 Å². The van der Waals surface area contributed by atoms with Crippen LogP contribution < -0.4 is 4.74 Å². The average molecular weight is 459 g/mol. The summed E-state index contributed by atoms with van der Waals surface area (Å²) in [6.45, 7) is 11.8. The largest absolute Gasteiger partial charge is 0.467 e. The normalized spacial score (nSPS) is 18.4. The van der Waals surface area contributed by atoms with E-state index in [1.54, 1.807) is 6.07 Å². The van der Waals surface area contributed by atoms with Gasteiger partial charge in [0.1, 0.15) is 11.3 Å². The SMILES string of the molecule is COCOc1cccc2c1C(=O)O[C@@]2(COCc1ccccc1)CO[Si](C)(C)C(C)(C)C. The fraction of sp³-hybridized carbons (Fsp3) is 0.480. The van der Waals surface area contributed by atoms with Crippen LogP contribution in [0.2, 0.25) is 18.1 Å². The Balaban J connectivity index is 1.90. The number of benzene rings is 2. The molecule has 0 radical (unpaired) electrons. The molecule has 1 aliphatic rings. The third-order valence-corrected chi connectivity index (χ3v) is 10.7. The van der Waals surface area contributed by atoms with Gasteiger partial charge in [0.05, 0.1) is 19.8 Å². The van der Waals surface area contributed by atoms with Gasteiger partial charge in [-0.25, -0.2) is 4.79 Å². The van der Waals surface area contributed by atoms with Crippen LogP contribution in [0.1, 0.15) is 42.3 Å². The first-order chi connectivity index (χ1) is 15.1. The van der Waals surface area contributed by atoms with Crippen LogP contribution in [0.4, 0.5) is 0 Å². The van der Waals surface area contributed by atoms with Crippen molar-refractivity contribution in [3.8, 4) is 5.75 Å². The highest BCUT2D eigenvalue weighted by Crippen LogP contribution is 2.44. The average Bonchev–Trinajstić information content (AvgIpc) is 3.03. The summed E-state index contributed by atoms with van der Waals surface area (Å²) >= 11 is 0. The predicted octanol–water partition coefficient (Wildman–Crippen LogP) is 5.27.